The predicted octanol–water partition coefficient (Wildman–Crippen LogP) is 3.64. The standard InChI is InChI=1S/C28H28ClN6O7P/c1-3-28(21(36)14-22(41-28)35-17-31-23-24(30)32-27(29)33-25(23)35)16-40-43(38,42-20-12-8-5-9-13-20)34-18(2)26(37)39-15-19-10-6-4-7-11-19/h1,4-13,17-18,21-22,36H,14-16H2,2H3,(H,34,38)(H2,30,32,33)/t18-,21-,22+,28+,43?/m0/s1. The highest BCUT2D eigenvalue weighted by Gasteiger charge is 2.50. The molecule has 1 unspecified atom stereocenters. The topological polar surface area (TPSA) is 173 Å². The largest absolute Gasteiger partial charge is 0.460 e. The number of nitrogens with one attached hydrogen (secondary N) is 1. The Kier molecular flexibility index (Phi) is 8.98. The Hall–Kier alpha value is -4.02. The maximum Gasteiger partial charge on any atom is 0.459 e. The number of ether oxygens (including phenoxy) is 2. The number of aliphatic hydroxyl groups is 1. The van der Waals surface area contributed by atoms with Crippen LogP contribution in [0.4, 0.5) is 5.82 Å². The molecule has 13 nitrogen and oxygen atoms in total. The minimum atomic E-state index is -4.32. The number of terminal acetylenes is 1. The van der Waals surface area contributed by atoms with E-state index in [2.05, 4.69) is 26.0 Å². The van der Waals surface area contributed by atoms with E-state index in [4.69, 9.17) is 42.3 Å². The normalized spacial score (nSPS) is 22.0. The summed E-state index contributed by atoms with van der Waals surface area (Å²) in [6.07, 6.45) is 5.11. The lowest BCUT2D eigenvalue weighted by atomic mass is 9.99. The molecule has 1 aliphatic rings. The molecule has 0 aliphatic carbocycles. The molecular weight excluding hydrogens is 599 g/mol. The Morgan fingerprint density at radius 2 is 1.98 bits per heavy atom. The zero-order valence-corrected chi connectivity index (χ0v) is 24.5. The average molecular weight is 627 g/mol. The number of imidazole rings is 1. The summed E-state index contributed by atoms with van der Waals surface area (Å²) in [7, 11) is -4.32. The van der Waals surface area contributed by atoms with Crippen LogP contribution in [0.3, 0.4) is 0 Å². The van der Waals surface area contributed by atoms with Crippen molar-refractivity contribution in [2.45, 2.75) is 43.9 Å². The number of halogens is 1. The number of esters is 1. The van der Waals surface area contributed by atoms with Gasteiger partial charge in [0.25, 0.3) is 0 Å². The van der Waals surface area contributed by atoms with Gasteiger partial charge in [-0.25, -0.2) is 9.55 Å². The molecule has 0 radical (unpaired) electrons. The number of nitrogens with zero attached hydrogens (tertiary/aromatic N) is 4. The highest BCUT2D eigenvalue weighted by atomic mass is 35.5. The monoisotopic (exact) mass is 626 g/mol. The summed E-state index contributed by atoms with van der Waals surface area (Å²) in [6, 6.07) is 16.2. The van der Waals surface area contributed by atoms with Gasteiger partial charge in [0.2, 0.25) is 5.28 Å². The lowest BCUT2D eigenvalue weighted by Gasteiger charge is -2.29. The van der Waals surface area contributed by atoms with Crippen molar-refractivity contribution in [3.63, 3.8) is 0 Å². The molecule has 0 saturated carbocycles. The van der Waals surface area contributed by atoms with Crippen LogP contribution in [-0.2, 0) is 30.0 Å². The maximum atomic E-state index is 14.0. The molecular formula is C28H28ClN6O7P. The van der Waals surface area contributed by atoms with Crippen molar-refractivity contribution in [3.05, 3.63) is 77.8 Å². The Labute approximate surface area is 251 Å². The molecule has 4 N–H and O–H groups in total. The number of aromatic nitrogens is 4. The molecule has 4 aromatic rings. The molecule has 5 rings (SSSR count). The van der Waals surface area contributed by atoms with Gasteiger partial charge >= 0.3 is 13.7 Å². The summed E-state index contributed by atoms with van der Waals surface area (Å²) in [6.45, 7) is 0.895. The highest BCUT2D eigenvalue weighted by molar-refractivity contribution is 7.52. The first-order valence-corrected chi connectivity index (χ1v) is 15.0. The van der Waals surface area contributed by atoms with Crippen molar-refractivity contribution in [1.29, 1.82) is 0 Å². The Balaban J connectivity index is 1.33. The lowest BCUT2D eigenvalue weighted by Crippen LogP contribution is -2.43. The van der Waals surface area contributed by atoms with Crippen molar-refractivity contribution in [2.24, 2.45) is 0 Å². The zero-order valence-electron chi connectivity index (χ0n) is 22.9. The van der Waals surface area contributed by atoms with E-state index in [0.29, 0.717) is 0 Å². The number of nitrogens with two attached hydrogens (primary N) is 1. The molecule has 15 heteroatoms. The van der Waals surface area contributed by atoms with Crippen molar-refractivity contribution in [1.82, 2.24) is 24.6 Å². The highest BCUT2D eigenvalue weighted by Crippen LogP contribution is 2.48. The van der Waals surface area contributed by atoms with Crippen LogP contribution < -0.4 is 15.3 Å². The van der Waals surface area contributed by atoms with Crippen LogP contribution in [0.25, 0.3) is 11.2 Å². The minimum absolute atomic E-state index is 0.0000336. The molecule has 3 heterocycles. The van der Waals surface area contributed by atoms with Crippen LogP contribution in [-0.4, -0.2) is 54.9 Å². The van der Waals surface area contributed by atoms with Gasteiger partial charge in [0.15, 0.2) is 17.1 Å². The molecule has 1 saturated heterocycles. The minimum Gasteiger partial charge on any atom is -0.460 e. The van der Waals surface area contributed by atoms with E-state index in [1.807, 2.05) is 18.2 Å². The smallest absolute Gasteiger partial charge is 0.459 e. The Morgan fingerprint density at radius 1 is 1.28 bits per heavy atom. The van der Waals surface area contributed by atoms with Crippen LogP contribution in [0, 0.1) is 12.3 Å². The fourth-order valence-corrected chi connectivity index (χ4v) is 6.07. The number of rotatable bonds is 11. The number of fused-ring (bicyclic) bond motifs is 1. The molecule has 224 valence electrons. The van der Waals surface area contributed by atoms with Crippen molar-refractivity contribution >= 4 is 42.3 Å². The molecule has 1 aliphatic heterocycles. The third-order valence-corrected chi connectivity index (χ3v) is 8.42. The summed E-state index contributed by atoms with van der Waals surface area (Å²) in [5, 5.41) is 13.5. The molecule has 5 atom stereocenters. The van der Waals surface area contributed by atoms with Gasteiger partial charge < -0.3 is 24.8 Å². The van der Waals surface area contributed by atoms with Crippen molar-refractivity contribution in [2.75, 3.05) is 12.3 Å². The maximum absolute atomic E-state index is 14.0. The van der Waals surface area contributed by atoms with Crippen LogP contribution in [0.15, 0.2) is 67.0 Å². The van der Waals surface area contributed by atoms with E-state index in [-0.39, 0.29) is 41.0 Å². The number of carbonyl (C=O) groups excluding carboxylic acids is 1. The van der Waals surface area contributed by atoms with Gasteiger partial charge in [0, 0.05) is 6.42 Å². The number of aliphatic hydroxyl groups excluding tert-OH is 1. The summed E-state index contributed by atoms with van der Waals surface area (Å²) in [4.78, 5) is 25.0. The molecule has 43 heavy (non-hydrogen) atoms. The van der Waals surface area contributed by atoms with Crippen LogP contribution in [0.5, 0.6) is 5.75 Å². The summed E-state index contributed by atoms with van der Waals surface area (Å²) in [5.74, 6) is 2.00. The van der Waals surface area contributed by atoms with Gasteiger partial charge in [-0.2, -0.15) is 15.1 Å². The first-order chi connectivity index (χ1) is 20.6. The van der Waals surface area contributed by atoms with Gasteiger partial charge in [-0.3, -0.25) is 13.9 Å². The quantitative estimate of drug-likeness (QED) is 0.0956. The number of hydrogen-bond donors (Lipinski definition) is 3. The van der Waals surface area contributed by atoms with Gasteiger partial charge in [-0.1, -0.05) is 54.5 Å². The van der Waals surface area contributed by atoms with Crippen LogP contribution in [0.2, 0.25) is 5.28 Å². The fraction of sp³-hybridized carbons (Fsp3) is 0.286. The number of anilines is 1. The number of carbonyl (C=O) groups is 1. The second-order valence-corrected chi connectivity index (χ2v) is 11.7. The summed E-state index contributed by atoms with van der Waals surface area (Å²) in [5.41, 5.74) is 5.48. The van der Waals surface area contributed by atoms with E-state index < -0.39 is 44.3 Å². The Morgan fingerprint density at radius 3 is 2.67 bits per heavy atom. The van der Waals surface area contributed by atoms with Crippen molar-refractivity contribution < 1.29 is 33.0 Å². The first-order valence-electron chi connectivity index (χ1n) is 13.1. The molecule has 2 aromatic heterocycles. The molecule has 0 amide bonds. The van der Waals surface area contributed by atoms with E-state index in [0.717, 1.165) is 5.56 Å². The second kappa shape index (κ2) is 12.7. The zero-order chi connectivity index (χ0) is 30.6. The Bertz CT molecular complexity index is 1690. The van der Waals surface area contributed by atoms with Crippen LogP contribution >= 0.6 is 19.3 Å². The first kappa shape index (κ1) is 30.4. The number of hydrogen-bond acceptors (Lipinski definition) is 11. The number of para-hydroxylation sites is 1. The lowest BCUT2D eigenvalue weighted by molar-refractivity contribution is -0.146. The number of benzene rings is 2. The summed E-state index contributed by atoms with van der Waals surface area (Å²) < 4.78 is 38.4. The molecule has 0 spiro atoms. The second-order valence-electron chi connectivity index (χ2n) is 9.68. The van der Waals surface area contributed by atoms with E-state index >= 15 is 0 Å². The molecule has 1 fully saturated rings. The van der Waals surface area contributed by atoms with E-state index in [1.165, 1.54) is 17.8 Å². The molecule has 2 aromatic carbocycles. The fourth-order valence-electron chi connectivity index (χ4n) is 4.38. The average Bonchev–Trinajstić information content (AvgIpc) is 3.57. The summed E-state index contributed by atoms with van der Waals surface area (Å²) >= 11 is 5.98. The van der Waals surface area contributed by atoms with E-state index in [1.54, 1.807) is 42.5 Å². The van der Waals surface area contributed by atoms with Crippen molar-refractivity contribution in [3.8, 4) is 18.1 Å². The third kappa shape index (κ3) is 6.81. The van der Waals surface area contributed by atoms with Gasteiger partial charge in [-0.05, 0) is 36.2 Å². The van der Waals surface area contributed by atoms with Gasteiger partial charge in [0.1, 0.15) is 42.9 Å². The number of nitrogen functional groups attached to an aromatic ring is 1. The molecule has 0 bridgehead atoms. The predicted molar refractivity (Wildman–Crippen MR) is 157 cm³/mol. The van der Waals surface area contributed by atoms with Gasteiger partial charge in [0.05, 0.1) is 6.33 Å². The SMILES string of the molecule is C#C[C@]1(COP(=O)(N[C@@H](C)C(=O)OCc2ccccc2)Oc2ccccc2)O[C@@H](n2cnc3c(N)nc(Cl)nc32)C[C@@H]1O. The van der Waals surface area contributed by atoms with Crippen LogP contribution in [0.1, 0.15) is 25.1 Å². The third-order valence-electron chi connectivity index (χ3n) is 6.63. The van der Waals surface area contributed by atoms with E-state index in [9.17, 15) is 14.5 Å². The van der Waals surface area contributed by atoms with Gasteiger partial charge in [-0.15, -0.1) is 6.42 Å².